The zero-order chi connectivity index (χ0) is 47.3. The van der Waals surface area contributed by atoms with E-state index in [4.69, 9.17) is 6.57 Å². The number of hydrogen-bond donors (Lipinski definition) is 0. The molecule has 0 aliphatic heterocycles. The van der Waals surface area contributed by atoms with Crippen LogP contribution in [-0.2, 0) is 5.41 Å². The van der Waals surface area contributed by atoms with E-state index in [1.807, 2.05) is 84.9 Å². The lowest BCUT2D eigenvalue weighted by atomic mass is 9.83. The van der Waals surface area contributed by atoms with Gasteiger partial charge in [0.2, 0.25) is 0 Å². The number of rotatable bonds is 8. The van der Waals surface area contributed by atoms with E-state index in [-0.39, 0.29) is 5.41 Å². The molecule has 0 fully saturated rings. The SMILES string of the molecule is [C-]#[N+]c1cccc(N(c2cc(-c3ccc(C#N)cc3)ccc2C)c2cc(N(c3cccc(C#N)c3)c3cc(-c4ccc(C#N)cc4)ccc3C)c3ccc4cc(C(C)(C)C)cc5ccc2c3c45)c1. The van der Waals surface area contributed by atoms with Crippen LogP contribution >= 0.6 is 0 Å². The van der Waals surface area contributed by atoms with Crippen LogP contribution in [0.5, 0.6) is 0 Å². The molecule has 68 heavy (non-hydrogen) atoms. The minimum atomic E-state index is -0.0804. The van der Waals surface area contributed by atoms with Crippen LogP contribution < -0.4 is 9.80 Å². The Morgan fingerprint density at radius 3 is 1.38 bits per heavy atom. The summed E-state index contributed by atoms with van der Waals surface area (Å²) in [6, 6.07) is 66.6. The second kappa shape index (κ2) is 17.0. The molecule has 0 aliphatic carbocycles. The van der Waals surface area contributed by atoms with Crippen molar-refractivity contribution in [3.8, 4) is 40.5 Å². The average molecular weight is 873 g/mol. The van der Waals surface area contributed by atoms with Gasteiger partial charge in [-0.05, 0) is 147 Å². The number of hydrogen-bond acceptors (Lipinski definition) is 5. The molecular weight excluding hydrogens is 829 g/mol. The number of aryl methyl sites for hydroxylation is 2. The monoisotopic (exact) mass is 872 g/mol. The molecular formula is C62H44N6. The fourth-order valence-electron chi connectivity index (χ4n) is 9.45. The van der Waals surface area contributed by atoms with Crippen molar-refractivity contribution < 1.29 is 0 Å². The third-order valence-electron chi connectivity index (χ3n) is 13.1. The number of benzene rings is 10. The summed E-state index contributed by atoms with van der Waals surface area (Å²) in [4.78, 5) is 8.48. The lowest BCUT2D eigenvalue weighted by Gasteiger charge is -2.34. The second-order valence-corrected chi connectivity index (χ2v) is 18.4. The maximum atomic E-state index is 10.3. The van der Waals surface area contributed by atoms with Crippen molar-refractivity contribution in [3.63, 3.8) is 0 Å². The van der Waals surface area contributed by atoms with Crippen molar-refractivity contribution in [2.75, 3.05) is 9.80 Å². The van der Waals surface area contributed by atoms with Crippen LogP contribution in [0.25, 0.3) is 59.4 Å². The Bertz CT molecular complexity index is 3560. The summed E-state index contributed by atoms with van der Waals surface area (Å²) in [5.74, 6) is 0. The number of nitrogens with zero attached hydrogens (tertiary/aromatic N) is 6. The topological polar surface area (TPSA) is 82.2 Å². The Morgan fingerprint density at radius 1 is 0.441 bits per heavy atom. The van der Waals surface area contributed by atoms with Gasteiger partial charge in [-0.15, -0.1) is 0 Å². The molecule has 0 amide bonds. The first-order chi connectivity index (χ1) is 33.0. The molecule has 322 valence electrons. The molecule has 0 aliphatic rings. The first-order valence-corrected chi connectivity index (χ1v) is 22.5. The summed E-state index contributed by atoms with van der Waals surface area (Å²) < 4.78 is 0. The lowest BCUT2D eigenvalue weighted by Crippen LogP contribution is -2.16. The van der Waals surface area contributed by atoms with Crippen molar-refractivity contribution >= 4 is 72.1 Å². The predicted octanol–water partition coefficient (Wildman–Crippen LogP) is 16.9. The molecule has 0 radical (unpaired) electrons. The van der Waals surface area contributed by atoms with Gasteiger partial charge >= 0.3 is 0 Å². The van der Waals surface area contributed by atoms with Crippen molar-refractivity contribution in [2.24, 2.45) is 0 Å². The van der Waals surface area contributed by atoms with E-state index < -0.39 is 0 Å². The number of anilines is 6. The summed E-state index contributed by atoms with van der Waals surface area (Å²) in [6.45, 7) is 19.1. The fourth-order valence-corrected chi connectivity index (χ4v) is 9.45. The first-order valence-electron chi connectivity index (χ1n) is 22.5. The van der Waals surface area contributed by atoms with E-state index in [9.17, 15) is 15.8 Å². The summed E-state index contributed by atoms with van der Waals surface area (Å²) >= 11 is 0. The molecule has 0 aromatic heterocycles. The van der Waals surface area contributed by atoms with Crippen LogP contribution in [0.1, 0.15) is 54.2 Å². The van der Waals surface area contributed by atoms with Gasteiger partial charge in [0.15, 0.2) is 5.69 Å². The summed E-state index contributed by atoms with van der Waals surface area (Å²) in [6.07, 6.45) is 0. The third-order valence-corrected chi connectivity index (χ3v) is 13.1. The van der Waals surface area contributed by atoms with E-state index in [0.717, 1.165) is 99.8 Å². The molecule has 0 saturated heterocycles. The van der Waals surface area contributed by atoms with Gasteiger partial charge in [-0.3, -0.25) is 0 Å². The van der Waals surface area contributed by atoms with Crippen LogP contribution in [0.2, 0.25) is 0 Å². The minimum absolute atomic E-state index is 0.0804. The minimum Gasteiger partial charge on any atom is -0.311 e. The van der Waals surface area contributed by atoms with Gasteiger partial charge in [0.1, 0.15) is 0 Å². The third kappa shape index (κ3) is 7.57. The predicted molar refractivity (Wildman–Crippen MR) is 279 cm³/mol. The molecule has 0 bridgehead atoms. The Labute approximate surface area is 397 Å². The van der Waals surface area contributed by atoms with E-state index in [1.165, 1.54) is 5.56 Å². The lowest BCUT2D eigenvalue weighted by molar-refractivity contribution is 0.591. The highest BCUT2D eigenvalue weighted by molar-refractivity contribution is 6.29. The van der Waals surface area contributed by atoms with Gasteiger partial charge < -0.3 is 9.80 Å². The zero-order valence-electron chi connectivity index (χ0n) is 38.4. The van der Waals surface area contributed by atoms with Crippen molar-refractivity contribution in [3.05, 3.63) is 221 Å². The number of nitriles is 3. The van der Waals surface area contributed by atoms with Gasteiger partial charge in [-0.2, -0.15) is 15.8 Å². The van der Waals surface area contributed by atoms with Crippen LogP contribution in [0.3, 0.4) is 0 Å². The Kier molecular flexibility index (Phi) is 10.7. The molecule has 0 spiro atoms. The largest absolute Gasteiger partial charge is 0.311 e. The molecule has 0 N–H and O–H groups in total. The Hall–Kier alpha value is -9.20. The van der Waals surface area contributed by atoms with E-state index >= 15 is 0 Å². The van der Waals surface area contributed by atoms with E-state index in [0.29, 0.717) is 22.4 Å². The molecule has 0 saturated carbocycles. The highest BCUT2D eigenvalue weighted by Gasteiger charge is 2.27. The highest BCUT2D eigenvalue weighted by Crippen LogP contribution is 2.52. The second-order valence-electron chi connectivity index (χ2n) is 18.4. The molecule has 6 nitrogen and oxygen atoms in total. The van der Waals surface area contributed by atoms with Gasteiger partial charge in [-0.1, -0.05) is 124 Å². The maximum Gasteiger partial charge on any atom is 0.189 e. The average Bonchev–Trinajstić information content (AvgIpc) is 3.37. The first kappa shape index (κ1) is 42.7. The van der Waals surface area contributed by atoms with Crippen LogP contribution in [-0.4, -0.2) is 0 Å². The molecule has 10 rings (SSSR count). The molecule has 0 unspecified atom stereocenters. The summed E-state index contributed by atoms with van der Waals surface area (Å²) in [5.41, 5.74) is 14.7. The van der Waals surface area contributed by atoms with E-state index in [2.05, 4.69) is 158 Å². The molecule has 0 atom stereocenters. The van der Waals surface area contributed by atoms with Crippen LogP contribution in [0.4, 0.5) is 39.8 Å². The fraction of sp³-hybridized carbons (Fsp3) is 0.0968. The quantitative estimate of drug-likeness (QED) is 0.112. The van der Waals surface area contributed by atoms with Crippen LogP contribution in [0, 0.1) is 54.4 Å². The summed E-state index contributed by atoms with van der Waals surface area (Å²) in [7, 11) is 0. The van der Waals surface area contributed by atoms with Crippen molar-refractivity contribution in [2.45, 2.75) is 40.0 Å². The Morgan fingerprint density at radius 2 is 0.912 bits per heavy atom. The van der Waals surface area contributed by atoms with Crippen molar-refractivity contribution in [1.29, 1.82) is 15.8 Å². The zero-order valence-corrected chi connectivity index (χ0v) is 38.4. The van der Waals surface area contributed by atoms with Crippen LogP contribution in [0.15, 0.2) is 176 Å². The smallest absolute Gasteiger partial charge is 0.189 e. The molecule has 10 aromatic rings. The summed E-state index contributed by atoms with van der Waals surface area (Å²) in [5, 5.41) is 36.2. The molecule has 0 heterocycles. The van der Waals surface area contributed by atoms with Gasteiger partial charge in [-0.25, -0.2) is 4.85 Å². The normalized spacial score (nSPS) is 11.2. The van der Waals surface area contributed by atoms with Gasteiger partial charge in [0.25, 0.3) is 0 Å². The standard InChI is InChI=1S/C62H44N6/c1-39-13-19-46(44-21-15-41(36-63)16-22-44)32-56(39)67(52-11-7-9-43(29-52)38-65)58-35-59(55-28-26-49-31-50(62(3,4)5)30-48-25-27-54(58)61(55)60(48)49)68(53-12-8-10-51(34-53)66-6)57-33-47(20-14-40(57)2)45-23-17-42(37-64)18-24-45/h7-35H,1-5H3. The van der Waals surface area contributed by atoms with Gasteiger partial charge in [0.05, 0.1) is 52.8 Å². The molecule has 10 aromatic carbocycles. The van der Waals surface area contributed by atoms with E-state index in [1.54, 1.807) is 0 Å². The van der Waals surface area contributed by atoms with Gasteiger partial charge in [0, 0.05) is 38.9 Å². The van der Waals surface area contributed by atoms with Crippen molar-refractivity contribution in [1.82, 2.24) is 0 Å². The highest BCUT2D eigenvalue weighted by atomic mass is 15.2. The Balaban J connectivity index is 1.35. The maximum absolute atomic E-state index is 10.3. The molecule has 6 heteroatoms.